The minimum absolute atomic E-state index is 0.0203. The van der Waals surface area contributed by atoms with Gasteiger partial charge in [0, 0.05) is 6.54 Å². The number of thiazole rings is 1. The quantitative estimate of drug-likeness (QED) is 0.538. The Hall–Kier alpha value is -1.87. The number of nitrogens with zero attached hydrogens (tertiary/aromatic N) is 1. The third kappa shape index (κ3) is 5.02. The second kappa shape index (κ2) is 7.65. The first kappa shape index (κ1) is 16.2. The van der Waals surface area contributed by atoms with Gasteiger partial charge in [-0.3, -0.25) is 10.1 Å². The normalized spacial score (nSPS) is 9.85. The largest absolute Gasteiger partial charge is 0.477 e. The van der Waals surface area contributed by atoms with Gasteiger partial charge in [-0.15, -0.1) is 17.9 Å². The number of amides is 3. The van der Waals surface area contributed by atoms with E-state index in [1.54, 1.807) is 6.92 Å². The van der Waals surface area contributed by atoms with Crippen molar-refractivity contribution in [1.29, 1.82) is 0 Å². The average molecular weight is 315 g/mol. The smallest absolute Gasteiger partial charge is 0.347 e. The van der Waals surface area contributed by atoms with Crippen LogP contribution in [0, 0.1) is 6.92 Å². The number of aryl methyl sites for hydroxylation is 1. The maximum atomic E-state index is 11.5. The third-order valence-corrected chi connectivity index (χ3v) is 4.25. The highest BCUT2D eigenvalue weighted by molar-refractivity contribution is 8.01. The van der Waals surface area contributed by atoms with Crippen LogP contribution in [0.4, 0.5) is 4.79 Å². The van der Waals surface area contributed by atoms with Crippen molar-refractivity contribution in [2.24, 2.45) is 0 Å². The molecule has 0 aliphatic rings. The van der Waals surface area contributed by atoms with Crippen molar-refractivity contribution in [1.82, 2.24) is 15.6 Å². The molecule has 20 heavy (non-hydrogen) atoms. The van der Waals surface area contributed by atoms with Gasteiger partial charge in [-0.25, -0.2) is 14.6 Å². The van der Waals surface area contributed by atoms with Gasteiger partial charge < -0.3 is 10.4 Å². The molecule has 0 atom stereocenters. The number of rotatable bonds is 6. The highest BCUT2D eigenvalue weighted by Crippen LogP contribution is 2.26. The fourth-order valence-electron chi connectivity index (χ4n) is 1.13. The van der Waals surface area contributed by atoms with Gasteiger partial charge in [-0.2, -0.15) is 0 Å². The van der Waals surface area contributed by atoms with Crippen molar-refractivity contribution in [3.63, 3.8) is 0 Å². The molecule has 0 radical (unpaired) electrons. The molecular weight excluding hydrogens is 302 g/mol. The maximum Gasteiger partial charge on any atom is 0.347 e. The number of hydrogen-bond acceptors (Lipinski definition) is 6. The summed E-state index contributed by atoms with van der Waals surface area (Å²) in [5.74, 6) is -1.55. The number of carbonyl (C=O) groups is 3. The van der Waals surface area contributed by atoms with Gasteiger partial charge in [0.05, 0.1) is 11.4 Å². The van der Waals surface area contributed by atoms with Crippen molar-refractivity contribution in [2.75, 3.05) is 12.3 Å². The van der Waals surface area contributed by atoms with Crippen LogP contribution in [0.1, 0.15) is 15.4 Å². The molecule has 0 bridgehead atoms. The molecule has 3 amide bonds. The van der Waals surface area contributed by atoms with E-state index in [1.807, 2.05) is 0 Å². The zero-order chi connectivity index (χ0) is 15.1. The van der Waals surface area contributed by atoms with E-state index in [1.165, 1.54) is 6.08 Å². The Balaban J connectivity index is 2.45. The van der Waals surface area contributed by atoms with Gasteiger partial charge >= 0.3 is 12.0 Å². The zero-order valence-electron chi connectivity index (χ0n) is 10.6. The summed E-state index contributed by atoms with van der Waals surface area (Å²) in [6.07, 6.45) is 1.49. The van der Waals surface area contributed by atoms with Gasteiger partial charge in [0.15, 0.2) is 4.34 Å². The Kier molecular flexibility index (Phi) is 6.19. The number of imide groups is 1. The lowest BCUT2D eigenvalue weighted by Crippen LogP contribution is -2.40. The molecule has 1 aromatic heterocycles. The van der Waals surface area contributed by atoms with E-state index in [0.29, 0.717) is 10.0 Å². The molecule has 1 heterocycles. The summed E-state index contributed by atoms with van der Waals surface area (Å²) in [6.45, 7) is 5.28. The molecule has 0 aromatic carbocycles. The van der Waals surface area contributed by atoms with E-state index in [9.17, 15) is 14.4 Å². The molecule has 0 saturated carbocycles. The van der Waals surface area contributed by atoms with E-state index in [-0.39, 0.29) is 17.2 Å². The molecule has 0 unspecified atom stereocenters. The van der Waals surface area contributed by atoms with Crippen LogP contribution in [0.2, 0.25) is 0 Å². The van der Waals surface area contributed by atoms with E-state index < -0.39 is 17.9 Å². The molecule has 1 rings (SSSR count). The fraction of sp³-hybridized carbons (Fsp3) is 0.273. The number of carbonyl (C=O) groups excluding carboxylic acids is 2. The van der Waals surface area contributed by atoms with E-state index in [2.05, 4.69) is 22.2 Å². The first-order valence-corrected chi connectivity index (χ1v) is 7.26. The monoisotopic (exact) mass is 315 g/mol. The highest BCUT2D eigenvalue weighted by Gasteiger charge is 2.15. The number of aromatic carboxylic acids is 1. The molecule has 0 saturated heterocycles. The van der Waals surface area contributed by atoms with Crippen LogP contribution in [-0.2, 0) is 4.79 Å². The van der Waals surface area contributed by atoms with E-state index >= 15 is 0 Å². The van der Waals surface area contributed by atoms with Crippen LogP contribution in [0.3, 0.4) is 0 Å². The SMILES string of the molecule is C=CCNC(=O)NC(=O)CSc1nc(C)c(C(=O)O)s1. The van der Waals surface area contributed by atoms with Crippen molar-refractivity contribution < 1.29 is 19.5 Å². The van der Waals surface area contributed by atoms with Crippen LogP contribution in [0.5, 0.6) is 0 Å². The molecule has 108 valence electrons. The summed E-state index contributed by atoms with van der Waals surface area (Å²) in [5, 5.41) is 13.4. The number of urea groups is 1. The number of thioether (sulfide) groups is 1. The summed E-state index contributed by atoms with van der Waals surface area (Å²) in [4.78, 5) is 37.7. The summed E-state index contributed by atoms with van der Waals surface area (Å²) in [5.41, 5.74) is 0.411. The van der Waals surface area contributed by atoms with Gasteiger partial charge in [0.1, 0.15) is 4.88 Å². The first-order valence-electron chi connectivity index (χ1n) is 5.46. The second-order valence-corrected chi connectivity index (χ2v) is 5.76. The summed E-state index contributed by atoms with van der Waals surface area (Å²) in [6, 6.07) is -0.600. The number of hydrogen-bond donors (Lipinski definition) is 3. The lowest BCUT2D eigenvalue weighted by molar-refractivity contribution is -0.117. The number of carboxylic acid groups (broad SMARTS) is 1. The van der Waals surface area contributed by atoms with Gasteiger partial charge in [-0.05, 0) is 6.92 Å². The predicted octanol–water partition coefficient (Wildman–Crippen LogP) is 1.25. The Morgan fingerprint density at radius 1 is 1.50 bits per heavy atom. The number of aromatic nitrogens is 1. The van der Waals surface area contributed by atoms with Gasteiger partial charge in [0.2, 0.25) is 5.91 Å². The molecule has 7 nitrogen and oxygen atoms in total. The lowest BCUT2D eigenvalue weighted by Gasteiger charge is -2.03. The summed E-state index contributed by atoms with van der Waals surface area (Å²) in [7, 11) is 0. The van der Waals surface area contributed by atoms with Crippen LogP contribution in [-0.4, -0.2) is 40.3 Å². The fourth-order valence-corrected chi connectivity index (χ4v) is 2.96. The van der Waals surface area contributed by atoms with Crippen LogP contribution < -0.4 is 10.6 Å². The Morgan fingerprint density at radius 3 is 2.75 bits per heavy atom. The topological polar surface area (TPSA) is 108 Å². The van der Waals surface area contributed by atoms with Crippen molar-refractivity contribution in [2.45, 2.75) is 11.3 Å². The van der Waals surface area contributed by atoms with Crippen LogP contribution in [0.15, 0.2) is 17.0 Å². The number of nitrogens with one attached hydrogen (secondary N) is 2. The van der Waals surface area contributed by atoms with Crippen molar-refractivity contribution in [3.8, 4) is 0 Å². The van der Waals surface area contributed by atoms with E-state index in [4.69, 9.17) is 5.11 Å². The van der Waals surface area contributed by atoms with Gasteiger partial charge in [0.25, 0.3) is 0 Å². The second-order valence-electron chi connectivity index (χ2n) is 3.54. The standard InChI is InChI=1S/C11H13N3O4S2/c1-3-4-12-10(18)14-7(15)5-19-11-13-6(2)8(20-11)9(16)17/h3H,1,4-5H2,2H3,(H,16,17)(H2,12,14,15,18). The van der Waals surface area contributed by atoms with Gasteiger partial charge in [-0.1, -0.05) is 17.8 Å². The Labute approximate surface area is 123 Å². The third-order valence-electron chi connectivity index (χ3n) is 1.96. The van der Waals surface area contributed by atoms with Crippen LogP contribution in [0.25, 0.3) is 0 Å². The minimum atomic E-state index is -1.04. The molecule has 1 aromatic rings. The average Bonchev–Trinajstić information content (AvgIpc) is 2.75. The van der Waals surface area contributed by atoms with E-state index in [0.717, 1.165) is 23.1 Å². The molecule has 0 fully saturated rings. The predicted molar refractivity (Wildman–Crippen MR) is 76.3 cm³/mol. The number of carboxylic acids is 1. The molecule has 0 aliphatic carbocycles. The molecule has 3 N–H and O–H groups in total. The Bertz CT molecular complexity index is 542. The van der Waals surface area contributed by atoms with Crippen molar-refractivity contribution in [3.05, 3.63) is 23.2 Å². The molecular formula is C11H13N3O4S2. The lowest BCUT2D eigenvalue weighted by atomic mass is 10.4. The molecule has 0 spiro atoms. The first-order chi connectivity index (χ1) is 9.43. The Morgan fingerprint density at radius 2 is 2.20 bits per heavy atom. The zero-order valence-corrected chi connectivity index (χ0v) is 12.3. The molecule has 9 heteroatoms. The highest BCUT2D eigenvalue weighted by atomic mass is 32.2. The molecule has 0 aliphatic heterocycles. The van der Waals surface area contributed by atoms with Crippen LogP contribution >= 0.6 is 23.1 Å². The summed E-state index contributed by atoms with van der Waals surface area (Å²) >= 11 is 2.08. The minimum Gasteiger partial charge on any atom is -0.477 e. The maximum absolute atomic E-state index is 11.5. The van der Waals surface area contributed by atoms with Crippen molar-refractivity contribution >= 4 is 41.0 Å². The summed E-state index contributed by atoms with van der Waals surface area (Å²) < 4.78 is 0.474.